The van der Waals surface area contributed by atoms with E-state index in [1.807, 2.05) is 24.3 Å². The fourth-order valence-corrected chi connectivity index (χ4v) is 3.98. The van der Waals surface area contributed by atoms with E-state index in [4.69, 9.17) is 18.7 Å². The molecule has 2 aromatic rings. The number of hydrogen-bond donors (Lipinski definition) is 0. The predicted molar refractivity (Wildman–Crippen MR) is 95.4 cm³/mol. The summed E-state index contributed by atoms with van der Waals surface area (Å²) in [6, 6.07) is 10.0. The van der Waals surface area contributed by atoms with Crippen molar-refractivity contribution >= 4 is 23.2 Å². The van der Waals surface area contributed by atoms with E-state index in [0.717, 1.165) is 5.56 Å². The van der Waals surface area contributed by atoms with Crippen molar-refractivity contribution in [2.24, 2.45) is 5.41 Å². The van der Waals surface area contributed by atoms with Crippen molar-refractivity contribution < 1.29 is 28.3 Å². The van der Waals surface area contributed by atoms with Crippen LogP contribution in [0.1, 0.15) is 23.8 Å². The first-order chi connectivity index (χ1) is 13.0. The van der Waals surface area contributed by atoms with Crippen molar-refractivity contribution in [3.8, 4) is 0 Å². The highest BCUT2D eigenvalue weighted by Crippen LogP contribution is 2.55. The van der Waals surface area contributed by atoms with Gasteiger partial charge in [0, 0.05) is 12.0 Å². The third kappa shape index (κ3) is 2.31. The fraction of sp³-hybridized carbons (Fsp3) is 0.300. The number of ether oxygens (including phenoxy) is 2. The molecular weight excluding hydrogens is 350 g/mol. The number of fused-ring (bicyclic) bond motifs is 4. The number of nitrogens with zero attached hydrogens (tertiary/aromatic N) is 1. The topological polar surface area (TPSA) is 78.2 Å². The molecule has 140 valence electrons. The summed E-state index contributed by atoms with van der Waals surface area (Å²) in [5.74, 6) is -1.02. The van der Waals surface area contributed by atoms with Crippen molar-refractivity contribution in [2.75, 3.05) is 19.3 Å². The van der Waals surface area contributed by atoms with Crippen LogP contribution < -0.4 is 5.06 Å². The second-order valence-corrected chi connectivity index (χ2v) is 6.54. The minimum atomic E-state index is -1.67. The van der Waals surface area contributed by atoms with E-state index >= 15 is 0 Å². The largest absolute Gasteiger partial charge is 0.468 e. The first kappa shape index (κ1) is 17.4. The Morgan fingerprint density at radius 3 is 2.48 bits per heavy atom. The minimum absolute atomic E-state index is 0.0291. The van der Waals surface area contributed by atoms with E-state index in [-0.39, 0.29) is 6.42 Å². The average molecular weight is 369 g/mol. The van der Waals surface area contributed by atoms with Crippen molar-refractivity contribution in [3.63, 3.8) is 0 Å². The van der Waals surface area contributed by atoms with Gasteiger partial charge in [-0.25, -0.2) is 5.06 Å². The summed E-state index contributed by atoms with van der Waals surface area (Å²) >= 11 is 0. The van der Waals surface area contributed by atoms with Crippen LogP contribution in [0.4, 0.5) is 5.69 Å². The maximum absolute atomic E-state index is 13.0. The van der Waals surface area contributed by atoms with Crippen LogP contribution in [0.2, 0.25) is 0 Å². The average Bonchev–Trinajstić information content (AvgIpc) is 3.24. The van der Waals surface area contributed by atoms with Crippen LogP contribution in [0.15, 0.2) is 53.7 Å². The Bertz CT molecular complexity index is 887. The number of hydrogen-bond acceptors (Lipinski definition) is 7. The van der Waals surface area contributed by atoms with E-state index in [1.165, 1.54) is 20.5 Å². The van der Waals surface area contributed by atoms with E-state index in [0.29, 0.717) is 17.0 Å². The lowest BCUT2D eigenvalue weighted by Gasteiger charge is -2.51. The van der Waals surface area contributed by atoms with Crippen LogP contribution in [0.5, 0.6) is 0 Å². The number of methoxy groups -OCH3 is 2. The van der Waals surface area contributed by atoms with Crippen LogP contribution in [0.3, 0.4) is 0 Å². The Balaban J connectivity index is 1.99. The van der Waals surface area contributed by atoms with Gasteiger partial charge < -0.3 is 13.9 Å². The van der Waals surface area contributed by atoms with Crippen LogP contribution >= 0.6 is 0 Å². The van der Waals surface area contributed by atoms with Gasteiger partial charge in [-0.3, -0.25) is 14.4 Å². The van der Waals surface area contributed by atoms with E-state index in [9.17, 15) is 9.59 Å². The van der Waals surface area contributed by atoms with Gasteiger partial charge in [-0.2, -0.15) is 0 Å². The molecule has 0 radical (unpaired) electrons. The Kier molecular flexibility index (Phi) is 4.04. The van der Waals surface area contributed by atoms with Gasteiger partial charge in [0.1, 0.15) is 17.9 Å². The molecule has 0 saturated carbocycles. The molecule has 0 spiro atoms. The molecule has 0 aliphatic carbocycles. The molecule has 7 nitrogen and oxygen atoms in total. The highest BCUT2D eigenvalue weighted by atomic mass is 16.7. The first-order valence-corrected chi connectivity index (χ1v) is 8.49. The van der Waals surface area contributed by atoms with Crippen molar-refractivity contribution in [1.29, 1.82) is 0 Å². The molecule has 0 N–H and O–H groups in total. The quantitative estimate of drug-likeness (QED) is 0.608. The van der Waals surface area contributed by atoms with Crippen molar-refractivity contribution in [3.05, 3.63) is 60.6 Å². The lowest BCUT2D eigenvalue weighted by Crippen LogP contribution is -2.60. The van der Waals surface area contributed by atoms with Crippen LogP contribution in [0, 0.1) is 5.41 Å². The maximum Gasteiger partial charge on any atom is 0.326 e. The number of furan rings is 1. The number of anilines is 1. The molecular formula is C20H19NO6. The molecule has 27 heavy (non-hydrogen) atoms. The Morgan fingerprint density at radius 1 is 1.15 bits per heavy atom. The molecule has 0 amide bonds. The second-order valence-electron chi connectivity index (χ2n) is 6.54. The van der Waals surface area contributed by atoms with Crippen molar-refractivity contribution in [1.82, 2.24) is 0 Å². The Morgan fingerprint density at radius 2 is 1.85 bits per heavy atom. The summed E-state index contributed by atoms with van der Waals surface area (Å²) in [7, 11) is 2.49. The van der Waals surface area contributed by atoms with Crippen molar-refractivity contribution in [2.45, 2.75) is 18.6 Å². The minimum Gasteiger partial charge on any atom is -0.468 e. The highest BCUT2D eigenvalue weighted by molar-refractivity contribution is 6.02. The lowest BCUT2D eigenvalue weighted by atomic mass is 9.70. The Hall–Kier alpha value is -3.06. The molecule has 7 heteroatoms. The summed E-state index contributed by atoms with van der Waals surface area (Å²) in [5, 5.41) is 1.55. The Labute approximate surface area is 156 Å². The fourth-order valence-electron chi connectivity index (χ4n) is 3.98. The van der Waals surface area contributed by atoms with E-state index in [1.54, 1.807) is 17.2 Å². The summed E-state index contributed by atoms with van der Waals surface area (Å²) in [5.41, 5.74) is 0.614. The number of rotatable bonds is 3. The third-order valence-corrected chi connectivity index (χ3v) is 5.24. The summed E-state index contributed by atoms with van der Waals surface area (Å²) in [4.78, 5) is 32.0. The standard InChI is InChI=1S/C20H19NO6/c1-12-13-7-4-5-8-14(13)21-17(15-9-6-10-26-15)20(18(22)24-2,19(23)25-3)11-16(12)27-21/h4-10,16-17H,1,11H2,2-3H3/t16?,17-/m1/s1. The molecule has 1 saturated heterocycles. The van der Waals surface area contributed by atoms with Crippen LogP contribution in [-0.4, -0.2) is 32.3 Å². The van der Waals surface area contributed by atoms with Gasteiger partial charge in [0.2, 0.25) is 0 Å². The zero-order chi connectivity index (χ0) is 19.2. The lowest BCUT2D eigenvalue weighted by molar-refractivity contribution is -0.184. The number of para-hydroxylation sites is 1. The SMILES string of the molecule is C=C1c2ccccc2N2OC1CC(C(=O)OC)(C(=O)OC)[C@H]2c1ccco1. The molecule has 3 heterocycles. The summed E-state index contributed by atoms with van der Waals surface area (Å²) in [6.45, 7) is 4.12. The number of hydroxylamine groups is 1. The smallest absolute Gasteiger partial charge is 0.326 e. The molecule has 1 aromatic carbocycles. The van der Waals surface area contributed by atoms with Crippen LogP contribution in [0.25, 0.3) is 5.57 Å². The highest BCUT2D eigenvalue weighted by Gasteiger charge is 2.64. The van der Waals surface area contributed by atoms with Gasteiger partial charge in [0.05, 0.1) is 26.2 Å². The number of carbonyl (C=O) groups is 2. The van der Waals surface area contributed by atoms with Gasteiger partial charge in [0.25, 0.3) is 0 Å². The van der Waals surface area contributed by atoms with Gasteiger partial charge in [-0.15, -0.1) is 0 Å². The monoisotopic (exact) mass is 369 g/mol. The number of carbonyl (C=O) groups excluding carboxylic acids is 2. The molecule has 2 aliphatic heterocycles. The molecule has 2 aliphatic rings. The van der Waals surface area contributed by atoms with Gasteiger partial charge >= 0.3 is 11.9 Å². The van der Waals surface area contributed by atoms with E-state index < -0.39 is 29.5 Å². The first-order valence-electron chi connectivity index (χ1n) is 8.49. The second kappa shape index (κ2) is 6.28. The molecule has 1 aromatic heterocycles. The molecule has 1 fully saturated rings. The summed E-state index contributed by atoms with van der Waals surface area (Å²) in [6.07, 6.45) is 0.931. The number of esters is 2. The zero-order valence-corrected chi connectivity index (χ0v) is 15.0. The molecule has 2 bridgehead atoms. The molecule has 4 rings (SSSR count). The van der Waals surface area contributed by atoms with Gasteiger partial charge in [-0.05, 0) is 23.8 Å². The molecule has 2 atom stereocenters. The predicted octanol–water partition coefficient (Wildman–Crippen LogP) is 2.89. The third-order valence-electron chi connectivity index (χ3n) is 5.24. The number of benzene rings is 1. The maximum atomic E-state index is 13.0. The van der Waals surface area contributed by atoms with Crippen LogP contribution in [-0.2, 0) is 23.9 Å². The van der Waals surface area contributed by atoms with Gasteiger partial charge in [0.15, 0.2) is 5.41 Å². The normalized spacial score (nSPS) is 22.7. The van der Waals surface area contributed by atoms with E-state index in [2.05, 4.69) is 6.58 Å². The van der Waals surface area contributed by atoms with Gasteiger partial charge in [-0.1, -0.05) is 24.8 Å². The summed E-state index contributed by atoms with van der Waals surface area (Å²) < 4.78 is 15.7. The molecule has 1 unspecified atom stereocenters. The zero-order valence-electron chi connectivity index (χ0n) is 15.0.